The molecule has 0 bridgehead atoms. The molecule has 3 nitrogen and oxygen atoms in total. The normalized spacial score (nSPS) is 11.2. The Kier molecular flexibility index (Phi) is 7.76. The van der Waals surface area contributed by atoms with Crippen LogP contribution >= 0.6 is 32.9 Å². The summed E-state index contributed by atoms with van der Waals surface area (Å²) in [5.41, 5.74) is 4.59. The van der Waals surface area contributed by atoms with Gasteiger partial charge in [-0.25, -0.2) is 0 Å². The molecule has 1 heterocycles. The fourth-order valence-electron chi connectivity index (χ4n) is 2.51. The van der Waals surface area contributed by atoms with Crippen LogP contribution in [-0.4, -0.2) is 13.0 Å². The summed E-state index contributed by atoms with van der Waals surface area (Å²) in [6.07, 6.45) is 1.56. The molecule has 3 aromatic rings. The van der Waals surface area contributed by atoms with Crippen molar-refractivity contribution in [3.05, 3.63) is 69.0 Å². The molecule has 8 heteroatoms. The second kappa shape index (κ2) is 9.21. The monoisotopic (exact) mass is 432 g/mol. The second-order valence-electron chi connectivity index (χ2n) is 5.75. The van der Waals surface area contributed by atoms with Crippen molar-refractivity contribution in [2.75, 3.05) is 0 Å². The van der Waals surface area contributed by atoms with E-state index >= 15 is 0 Å². The quantitative estimate of drug-likeness (QED) is 0.292. The minimum absolute atomic E-state index is 0. The van der Waals surface area contributed by atoms with Crippen LogP contribution in [0.2, 0.25) is 0 Å². The van der Waals surface area contributed by atoms with E-state index in [1.165, 1.54) is 33.7 Å². The van der Waals surface area contributed by atoms with Gasteiger partial charge in [-0.05, 0) is 43.0 Å². The molecule has 1 N–H and O–H groups in total. The number of hydrogen-bond donors (Lipinski definition) is 1. The van der Waals surface area contributed by atoms with Gasteiger partial charge >= 0.3 is 29.6 Å². The van der Waals surface area contributed by atoms with Gasteiger partial charge in [0.2, 0.25) is 0 Å². The van der Waals surface area contributed by atoms with Crippen LogP contribution in [0.5, 0.6) is 0 Å². The molecule has 2 aromatic carbocycles. The molecule has 0 aliphatic rings. The van der Waals surface area contributed by atoms with E-state index in [9.17, 15) is 8.42 Å². The Labute approximate surface area is 189 Å². The van der Waals surface area contributed by atoms with Gasteiger partial charge in [0.05, 0.1) is 9.77 Å². The summed E-state index contributed by atoms with van der Waals surface area (Å²) in [4.78, 5) is 1.13. The predicted octanol–water partition coefficient (Wildman–Crippen LogP) is 2.66. The molecule has 1 aromatic heterocycles. The molecule has 0 aliphatic heterocycles. The molecule has 26 heavy (non-hydrogen) atoms. The first kappa shape index (κ1) is 21.9. The van der Waals surface area contributed by atoms with Crippen molar-refractivity contribution >= 4 is 43.0 Å². The maximum absolute atomic E-state index is 11.1. The Morgan fingerprint density at radius 2 is 1.62 bits per heavy atom. The fraction of sp³-hybridized carbons (Fsp3) is 0.167. The molecule has 0 radical (unpaired) electrons. The molecule has 132 valence electrons. The summed E-state index contributed by atoms with van der Waals surface area (Å²) >= 11 is 5.50. The average molecular weight is 433 g/mol. The second-order valence-corrected chi connectivity index (χ2v) is 9.98. The van der Waals surface area contributed by atoms with E-state index in [1.807, 2.05) is 0 Å². The first-order valence-electron chi connectivity index (χ1n) is 7.60. The minimum atomic E-state index is -4.14. The van der Waals surface area contributed by atoms with Crippen molar-refractivity contribution in [1.82, 2.24) is 0 Å². The maximum Gasteiger partial charge on any atom is 1.00 e. The minimum Gasteiger partial charge on any atom is -1.00 e. The molecule has 0 saturated carbocycles. The number of aryl methyl sites for hydroxylation is 2. The summed E-state index contributed by atoms with van der Waals surface area (Å²) in [7, 11) is -0.828. The van der Waals surface area contributed by atoms with Gasteiger partial charge in [0.1, 0.15) is 3.82 Å². The van der Waals surface area contributed by atoms with Crippen molar-refractivity contribution in [2.45, 2.75) is 24.7 Å². The zero-order valence-electron chi connectivity index (χ0n) is 15.4. The first-order chi connectivity index (χ1) is 11.8. The van der Waals surface area contributed by atoms with Gasteiger partial charge in [-0.1, -0.05) is 74.9 Å². The van der Waals surface area contributed by atoms with Crippen molar-refractivity contribution in [3.8, 4) is 10.4 Å². The summed E-state index contributed by atoms with van der Waals surface area (Å²) in [6.45, 7) is 2.07. The fourth-order valence-corrected chi connectivity index (χ4v) is 6.00. The van der Waals surface area contributed by atoms with Crippen LogP contribution in [0, 0.1) is 10.7 Å². The Morgan fingerprint density at radius 1 is 1.00 bits per heavy atom. The van der Waals surface area contributed by atoms with E-state index in [0.29, 0.717) is 0 Å². The largest absolute Gasteiger partial charge is 1.00 e. The molecular weight excluding hydrogens is 415 g/mol. The molecular formula is C18H17NaO3S4. The summed E-state index contributed by atoms with van der Waals surface area (Å²) in [5.74, 6) is 0. The van der Waals surface area contributed by atoms with E-state index in [4.69, 9.17) is 16.8 Å². The standard InChI is InChI=1S/C18H16O3S4.Na.H/c1-12-2-7-14(8-3-12)17-16(18(22)24-23-17)11-6-13-4-9-15(10-5-13)25(19,20)21;;/h2-5,7-10H,6,11H2,1H3,(H,19,20,21);;/q;+1;-1. The smallest absolute Gasteiger partial charge is 1.00 e. The molecule has 0 unspecified atom stereocenters. The van der Waals surface area contributed by atoms with Crippen molar-refractivity contribution < 1.29 is 44.0 Å². The Hall–Kier alpha value is -0.380. The van der Waals surface area contributed by atoms with Gasteiger partial charge in [0, 0.05) is 5.56 Å². The van der Waals surface area contributed by atoms with E-state index in [2.05, 4.69) is 31.2 Å². The molecule has 0 saturated heterocycles. The Bertz CT molecular complexity index is 1040. The first-order valence-corrected chi connectivity index (χ1v) is 11.6. The molecule has 3 rings (SSSR count). The third-order valence-corrected chi connectivity index (χ3v) is 7.98. The van der Waals surface area contributed by atoms with Crippen LogP contribution in [0.15, 0.2) is 53.4 Å². The third kappa shape index (κ3) is 5.33. The summed E-state index contributed by atoms with van der Waals surface area (Å²) in [5, 5.41) is 0. The van der Waals surface area contributed by atoms with Crippen LogP contribution in [0.4, 0.5) is 0 Å². The predicted molar refractivity (Wildman–Crippen MR) is 108 cm³/mol. The summed E-state index contributed by atoms with van der Waals surface area (Å²) < 4.78 is 32.2. The van der Waals surface area contributed by atoms with Crippen LogP contribution < -0.4 is 29.6 Å². The number of rotatable bonds is 5. The molecule has 0 aliphatic carbocycles. The third-order valence-electron chi connectivity index (χ3n) is 3.92. The average Bonchev–Trinajstić information content (AvgIpc) is 2.94. The Morgan fingerprint density at radius 3 is 2.19 bits per heavy atom. The van der Waals surface area contributed by atoms with Crippen molar-refractivity contribution in [1.29, 1.82) is 0 Å². The zero-order valence-corrected chi connectivity index (χ0v) is 19.7. The molecule has 0 fully saturated rings. The van der Waals surface area contributed by atoms with Gasteiger partial charge < -0.3 is 1.43 Å². The van der Waals surface area contributed by atoms with Gasteiger partial charge in [-0.3, -0.25) is 4.55 Å². The van der Waals surface area contributed by atoms with Crippen molar-refractivity contribution in [2.24, 2.45) is 0 Å². The van der Waals surface area contributed by atoms with Crippen molar-refractivity contribution in [3.63, 3.8) is 0 Å². The van der Waals surface area contributed by atoms with Crippen LogP contribution in [0.3, 0.4) is 0 Å². The van der Waals surface area contributed by atoms with E-state index in [0.717, 1.165) is 22.2 Å². The van der Waals surface area contributed by atoms with Crippen LogP contribution in [0.25, 0.3) is 10.4 Å². The van der Waals surface area contributed by atoms with Gasteiger partial charge in [-0.2, -0.15) is 8.42 Å². The number of hydrogen-bond acceptors (Lipinski definition) is 5. The van der Waals surface area contributed by atoms with Gasteiger partial charge in [-0.15, -0.1) is 0 Å². The zero-order chi connectivity index (χ0) is 18.0. The van der Waals surface area contributed by atoms with Gasteiger partial charge in [0.25, 0.3) is 10.1 Å². The van der Waals surface area contributed by atoms with Crippen LogP contribution in [-0.2, 0) is 23.0 Å². The summed E-state index contributed by atoms with van der Waals surface area (Å²) in [6, 6.07) is 14.7. The molecule has 0 spiro atoms. The molecule has 0 atom stereocenters. The van der Waals surface area contributed by atoms with E-state index in [-0.39, 0.29) is 35.9 Å². The van der Waals surface area contributed by atoms with Crippen LogP contribution in [0.1, 0.15) is 18.1 Å². The Balaban J connectivity index is 0.00000182. The van der Waals surface area contributed by atoms with E-state index < -0.39 is 10.1 Å². The molecule has 0 amide bonds. The van der Waals surface area contributed by atoms with Gasteiger partial charge in [0.15, 0.2) is 0 Å². The maximum atomic E-state index is 11.1. The topological polar surface area (TPSA) is 54.4 Å². The van der Waals surface area contributed by atoms with E-state index in [1.54, 1.807) is 32.8 Å². The number of benzene rings is 2. The SMILES string of the molecule is Cc1ccc(-c2ssc(=S)c2CCc2ccc(S(=O)(=O)O)cc2)cc1.[H-].[Na+].